The minimum atomic E-state index is -0.409. The van der Waals surface area contributed by atoms with Gasteiger partial charge in [0.05, 0.1) is 12.0 Å². The highest BCUT2D eigenvalue weighted by Crippen LogP contribution is 2.15. The van der Waals surface area contributed by atoms with E-state index in [0.29, 0.717) is 6.54 Å². The van der Waals surface area contributed by atoms with Crippen molar-refractivity contribution in [2.45, 2.75) is 0 Å². The summed E-state index contributed by atoms with van der Waals surface area (Å²) in [6.07, 6.45) is 3.99. The zero-order valence-electron chi connectivity index (χ0n) is 11.7. The summed E-state index contributed by atoms with van der Waals surface area (Å²) in [6, 6.07) is 14.1. The number of nitrogens with zero attached hydrogens (tertiary/aromatic N) is 1. The summed E-state index contributed by atoms with van der Waals surface area (Å²) < 4.78 is 5.09. The fourth-order valence-electron chi connectivity index (χ4n) is 1.79. The highest BCUT2D eigenvalue weighted by atomic mass is 16.6. The maximum Gasteiger partial charge on any atom is 0.269 e. The number of non-ortho nitro benzene ring substituents is 1. The topological polar surface area (TPSA) is 64.4 Å². The summed E-state index contributed by atoms with van der Waals surface area (Å²) in [7, 11) is 1.64. The zero-order chi connectivity index (χ0) is 15.1. The third-order valence-corrected chi connectivity index (χ3v) is 2.93. The van der Waals surface area contributed by atoms with Crippen molar-refractivity contribution in [2.24, 2.45) is 0 Å². The van der Waals surface area contributed by atoms with E-state index in [1.807, 2.05) is 36.4 Å². The maximum atomic E-state index is 10.5. The smallest absolute Gasteiger partial charge is 0.269 e. The molecule has 0 amide bonds. The van der Waals surface area contributed by atoms with E-state index in [0.717, 1.165) is 17.0 Å². The molecule has 5 nitrogen and oxygen atoms in total. The lowest BCUT2D eigenvalue weighted by Crippen LogP contribution is -1.98. The van der Waals surface area contributed by atoms with Crippen LogP contribution in [0.25, 0.3) is 6.08 Å². The second kappa shape index (κ2) is 7.09. The van der Waals surface area contributed by atoms with Crippen molar-refractivity contribution in [2.75, 3.05) is 19.0 Å². The van der Waals surface area contributed by atoms with Gasteiger partial charge in [-0.2, -0.15) is 0 Å². The van der Waals surface area contributed by atoms with Gasteiger partial charge in [-0.15, -0.1) is 0 Å². The molecule has 0 aliphatic carbocycles. The molecule has 0 heterocycles. The largest absolute Gasteiger partial charge is 0.497 e. The third kappa shape index (κ3) is 4.35. The molecule has 0 atom stereocenters. The van der Waals surface area contributed by atoms with Crippen LogP contribution < -0.4 is 10.1 Å². The van der Waals surface area contributed by atoms with Crippen LogP contribution in [0.2, 0.25) is 0 Å². The van der Waals surface area contributed by atoms with E-state index in [1.54, 1.807) is 19.2 Å². The summed E-state index contributed by atoms with van der Waals surface area (Å²) >= 11 is 0. The lowest BCUT2D eigenvalue weighted by molar-refractivity contribution is -0.384. The van der Waals surface area contributed by atoms with Gasteiger partial charge in [-0.3, -0.25) is 10.1 Å². The van der Waals surface area contributed by atoms with Crippen LogP contribution in [0, 0.1) is 10.1 Å². The average Bonchev–Trinajstić information content (AvgIpc) is 2.52. The second-order valence-electron chi connectivity index (χ2n) is 4.36. The number of hydrogen-bond donors (Lipinski definition) is 1. The molecular weight excluding hydrogens is 268 g/mol. The van der Waals surface area contributed by atoms with Gasteiger partial charge in [0.15, 0.2) is 0 Å². The lowest BCUT2D eigenvalue weighted by atomic mass is 10.2. The standard InChI is InChI=1S/C16H16N2O3/c1-21-16-10-4-13(5-11-16)3-2-12-17-14-6-8-15(9-7-14)18(19)20/h2-11,17H,12H2,1H3/b3-2-. The van der Waals surface area contributed by atoms with E-state index in [-0.39, 0.29) is 5.69 Å². The Balaban J connectivity index is 1.85. The molecule has 5 heteroatoms. The number of nitrogens with one attached hydrogen (secondary N) is 1. The second-order valence-corrected chi connectivity index (χ2v) is 4.36. The van der Waals surface area contributed by atoms with E-state index in [2.05, 4.69) is 5.32 Å². The van der Waals surface area contributed by atoms with Gasteiger partial charge in [0.1, 0.15) is 5.75 Å². The Kier molecular flexibility index (Phi) is 4.93. The molecule has 0 aromatic heterocycles. The molecule has 2 rings (SSSR count). The number of ether oxygens (including phenoxy) is 1. The molecule has 0 aliphatic rings. The predicted molar refractivity (Wildman–Crippen MR) is 83.6 cm³/mol. The molecule has 0 saturated heterocycles. The van der Waals surface area contributed by atoms with Crippen molar-refractivity contribution >= 4 is 17.5 Å². The SMILES string of the molecule is COc1ccc(/C=C\CNc2ccc([N+](=O)[O-])cc2)cc1. The molecule has 0 bridgehead atoms. The number of nitro benzene ring substituents is 1. The Morgan fingerprint density at radius 3 is 2.38 bits per heavy atom. The van der Waals surface area contributed by atoms with Crippen LogP contribution in [0.1, 0.15) is 5.56 Å². The van der Waals surface area contributed by atoms with E-state index >= 15 is 0 Å². The van der Waals surface area contributed by atoms with Crippen molar-refractivity contribution in [3.8, 4) is 5.75 Å². The summed E-state index contributed by atoms with van der Waals surface area (Å²) in [5, 5.41) is 13.7. The van der Waals surface area contributed by atoms with Gasteiger partial charge >= 0.3 is 0 Å². The fourth-order valence-corrected chi connectivity index (χ4v) is 1.79. The first-order valence-electron chi connectivity index (χ1n) is 6.48. The molecule has 0 fully saturated rings. The van der Waals surface area contributed by atoms with Gasteiger partial charge in [-0.25, -0.2) is 0 Å². The Hall–Kier alpha value is -2.82. The highest BCUT2D eigenvalue weighted by molar-refractivity contribution is 5.53. The lowest BCUT2D eigenvalue weighted by Gasteiger charge is -2.02. The van der Waals surface area contributed by atoms with E-state index in [1.165, 1.54) is 12.1 Å². The maximum absolute atomic E-state index is 10.5. The third-order valence-electron chi connectivity index (χ3n) is 2.93. The molecule has 108 valence electrons. The van der Waals surface area contributed by atoms with Gasteiger partial charge in [0.25, 0.3) is 5.69 Å². The molecule has 0 spiro atoms. The minimum Gasteiger partial charge on any atom is -0.497 e. The monoisotopic (exact) mass is 284 g/mol. The Labute approximate surface area is 123 Å². The number of benzene rings is 2. The van der Waals surface area contributed by atoms with Crippen LogP contribution >= 0.6 is 0 Å². The van der Waals surface area contributed by atoms with E-state index in [9.17, 15) is 10.1 Å². The number of hydrogen-bond acceptors (Lipinski definition) is 4. The van der Waals surface area contributed by atoms with Gasteiger partial charge < -0.3 is 10.1 Å². The summed E-state index contributed by atoms with van der Waals surface area (Å²) in [5.41, 5.74) is 2.02. The molecule has 0 unspecified atom stereocenters. The molecule has 21 heavy (non-hydrogen) atoms. The Bertz CT molecular complexity index is 619. The molecule has 0 radical (unpaired) electrons. The summed E-state index contributed by atoms with van der Waals surface area (Å²) in [4.78, 5) is 10.1. The van der Waals surface area contributed by atoms with Crippen LogP contribution in [0.15, 0.2) is 54.6 Å². The van der Waals surface area contributed by atoms with Crippen molar-refractivity contribution in [3.05, 3.63) is 70.3 Å². The van der Waals surface area contributed by atoms with E-state index in [4.69, 9.17) is 4.74 Å². The first-order valence-corrected chi connectivity index (χ1v) is 6.48. The number of nitro groups is 1. The highest BCUT2D eigenvalue weighted by Gasteiger charge is 2.02. The van der Waals surface area contributed by atoms with Crippen molar-refractivity contribution < 1.29 is 9.66 Å². The van der Waals surface area contributed by atoms with Crippen molar-refractivity contribution in [3.63, 3.8) is 0 Å². The molecule has 0 aliphatic heterocycles. The van der Waals surface area contributed by atoms with Gasteiger partial charge in [0, 0.05) is 24.4 Å². The van der Waals surface area contributed by atoms with Crippen LogP contribution in [0.3, 0.4) is 0 Å². The van der Waals surface area contributed by atoms with Crippen LogP contribution in [-0.2, 0) is 0 Å². The fraction of sp³-hybridized carbons (Fsp3) is 0.125. The van der Waals surface area contributed by atoms with E-state index < -0.39 is 4.92 Å². The molecule has 1 N–H and O–H groups in total. The summed E-state index contributed by atoms with van der Waals surface area (Å²) in [6.45, 7) is 0.643. The van der Waals surface area contributed by atoms with Crippen LogP contribution in [0.4, 0.5) is 11.4 Å². The van der Waals surface area contributed by atoms with Gasteiger partial charge in [0.2, 0.25) is 0 Å². The quantitative estimate of drug-likeness (QED) is 0.648. The molecule has 2 aromatic carbocycles. The molecular formula is C16H16N2O3. The number of methoxy groups -OCH3 is 1. The Morgan fingerprint density at radius 1 is 1.14 bits per heavy atom. The first-order chi connectivity index (χ1) is 10.2. The van der Waals surface area contributed by atoms with Crippen molar-refractivity contribution in [1.29, 1.82) is 0 Å². The van der Waals surface area contributed by atoms with Crippen LogP contribution in [0.5, 0.6) is 5.75 Å². The van der Waals surface area contributed by atoms with Gasteiger partial charge in [-0.1, -0.05) is 24.3 Å². The number of rotatable bonds is 6. The van der Waals surface area contributed by atoms with Crippen LogP contribution in [-0.4, -0.2) is 18.6 Å². The Morgan fingerprint density at radius 2 is 1.81 bits per heavy atom. The zero-order valence-corrected chi connectivity index (χ0v) is 11.7. The minimum absolute atomic E-state index is 0.0920. The predicted octanol–water partition coefficient (Wildman–Crippen LogP) is 3.73. The van der Waals surface area contributed by atoms with Crippen molar-refractivity contribution in [1.82, 2.24) is 0 Å². The summed E-state index contributed by atoms with van der Waals surface area (Å²) in [5.74, 6) is 0.830. The number of anilines is 1. The average molecular weight is 284 g/mol. The first kappa shape index (κ1) is 14.6. The molecule has 0 saturated carbocycles. The van der Waals surface area contributed by atoms with Gasteiger partial charge in [-0.05, 0) is 29.8 Å². The normalized spacial score (nSPS) is 10.5. The molecule has 2 aromatic rings.